The maximum atomic E-state index is 13.8. The summed E-state index contributed by atoms with van der Waals surface area (Å²) in [5.41, 5.74) is 3.19. The average molecular weight is 451 g/mol. The molecule has 166 valence electrons. The predicted molar refractivity (Wildman–Crippen MR) is 128 cm³/mol. The topological polar surface area (TPSA) is 99.8 Å². The largest absolute Gasteiger partial charge is 0.337 e. The second-order valence-electron chi connectivity index (χ2n) is 7.50. The smallest absolute Gasteiger partial charge is 0.258 e. The molecule has 7 nitrogen and oxygen atoms in total. The van der Waals surface area contributed by atoms with Crippen LogP contribution in [0.3, 0.4) is 0 Å². The van der Waals surface area contributed by atoms with Gasteiger partial charge in [-0.3, -0.25) is 9.59 Å². The van der Waals surface area contributed by atoms with Crippen molar-refractivity contribution in [2.45, 2.75) is 0 Å². The molecular weight excluding hydrogens is 433 g/mol. The van der Waals surface area contributed by atoms with Crippen LogP contribution in [0.15, 0.2) is 91.1 Å². The lowest BCUT2D eigenvalue weighted by atomic mass is 10.1. The summed E-state index contributed by atoms with van der Waals surface area (Å²) in [6, 6.07) is 23.4. The van der Waals surface area contributed by atoms with Crippen LogP contribution in [0.2, 0.25) is 0 Å². The van der Waals surface area contributed by atoms with Gasteiger partial charge in [-0.1, -0.05) is 30.3 Å². The Bertz CT molecular complexity index is 1500. The Morgan fingerprint density at radius 3 is 2.32 bits per heavy atom. The second-order valence-corrected chi connectivity index (χ2v) is 7.50. The average Bonchev–Trinajstić information content (AvgIpc) is 3.29. The minimum Gasteiger partial charge on any atom is -0.337 e. The van der Waals surface area contributed by atoms with Crippen molar-refractivity contribution in [1.82, 2.24) is 15.0 Å². The fraction of sp³-hybridized carbons (Fsp3) is 0. The Morgan fingerprint density at radius 2 is 1.56 bits per heavy atom. The van der Waals surface area contributed by atoms with Gasteiger partial charge in [0, 0.05) is 22.9 Å². The summed E-state index contributed by atoms with van der Waals surface area (Å²) < 4.78 is 13.8. The molecule has 0 bridgehead atoms. The van der Waals surface area contributed by atoms with Gasteiger partial charge in [-0.2, -0.15) is 0 Å². The summed E-state index contributed by atoms with van der Waals surface area (Å²) in [5.74, 6) is -0.352. The van der Waals surface area contributed by atoms with E-state index in [1.807, 2.05) is 6.07 Å². The normalized spacial score (nSPS) is 10.7. The third kappa shape index (κ3) is 4.37. The van der Waals surface area contributed by atoms with Crippen LogP contribution in [-0.4, -0.2) is 26.8 Å². The molecule has 0 unspecified atom stereocenters. The number of aromatic nitrogens is 3. The highest BCUT2D eigenvalue weighted by molar-refractivity contribution is 6.05. The van der Waals surface area contributed by atoms with Crippen LogP contribution in [0.1, 0.15) is 20.7 Å². The number of anilines is 2. The molecule has 3 aromatic carbocycles. The number of nitrogens with one attached hydrogen (secondary N) is 3. The number of benzene rings is 3. The zero-order valence-corrected chi connectivity index (χ0v) is 17.7. The van der Waals surface area contributed by atoms with Crippen molar-refractivity contribution in [2.24, 2.45) is 0 Å². The molecule has 5 rings (SSSR count). The van der Waals surface area contributed by atoms with Crippen LogP contribution >= 0.6 is 0 Å². The molecule has 0 aliphatic carbocycles. The van der Waals surface area contributed by atoms with Gasteiger partial charge in [-0.25, -0.2) is 14.4 Å². The maximum absolute atomic E-state index is 13.8. The standard InChI is InChI=1S/C26H18FN5O2/c27-20-9-5-4-8-19(20)26(34)29-18-12-10-16(11-13-18)24-30-21-14-23(28-15-22(21)31-24)32-25(33)17-6-2-1-3-7-17/h1-15H,(H,29,34)(H,30,31)(H,28,32,33). The highest BCUT2D eigenvalue weighted by atomic mass is 19.1. The summed E-state index contributed by atoms with van der Waals surface area (Å²) in [6.07, 6.45) is 1.61. The van der Waals surface area contributed by atoms with E-state index in [2.05, 4.69) is 25.6 Å². The summed E-state index contributed by atoms with van der Waals surface area (Å²) in [4.78, 5) is 36.7. The Labute approximate surface area is 193 Å². The van der Waals surface area contributed by atoms with E-state index in [1.54, 1.807) is 66.9 Å². The molecule has 3 N–H and O–H groups in total. The number of hydrogen-bond donors (Lipinski definition) is 3. The number of hydrogen-bond acceptors (Lipinski definition) is 4. The van der Waals surface area contributed by atoms with Crippen LogP contribution in [-0.2, 0) is 0 Å². The van der Waals surface area contributed by atoms with Crippen molar-refractivity contribution < 1.29 is 14.0 Å². The van der Waals surface area contributed by atoms with Crippen LogP contribution in [0, 0.1) is 5.82 Å². The molecule has 0 saturated carbocycles. The maximum Gasteiger partial charge on any atom is 0.258 e. The number of pyridine rings is 1. The highest BCUT2D eigenvalue weighted by Gasteiger charge is 2.12. The number of amides is 2. The summed E-state index contributed by atoms with van der Waals surface area (Å²) >= 11 is 0. The molecule has 5 aromatic rings. The molecule has 8 heteroatoms. The van der Waals surface area contributed by atoms with E-state index in [0.717, 1.165) is 5.56 Å². The first-order valence-electron chi connectivity index (χ1n) is 10.5. The number of fused-ring (bicyclic) bond motifs is 1. The molecule has 0 atom stereocenters. The molecule has 0 fully saturated rings. The van der Waals surface area contributed by atoms with Crippen molar-refractivity contribution in [3.8, 4) is 11.4 Å². The minimum absolute atomic E-state index is 0.0217. The second kappa shape index (κ2) is 8.95. The Kier molecular flexibility index (Phi) is 5.53. The highest BCUT2D eigenvalue weighted by Crippen LogP contribution is 2.23. The Hall–Kier alpha value is -4.85. The van der Waals surface area contributed by atoms with E-state index in [0.29, 0.717) is 33.9 Å². The predicted octanol–water partition coefficient (Wildman–Crippen LogP) is 5.27. The third-order valence-electron chi connectivity index (χ3n) is 5.18. The molecule has 0 aliphatic heterocycles. The lowest BCUT2D eigenvalue weighted by Gasteiger charge is -2.06. The van der Waals surface area contributed by atoms with E-state index >= 15 is 0 Å². The summed E-state index contributed by atoms with van der Waals surface area (Å²) in [6.45, 7) is 0. The van der Waals surface area contributed by atoms with Gasteiger partial charge in [0.2, 0.25) is 0 Å². The number of rotatable bonds is 5. The number of imidazole rings is 1. The van der Waals surface area contributed by atoms with Gasteiger partial charge in [0.1, 0.15) is 17.5 Å². The quantitative estimate of drug-likeness (QED) is 0.339. The van der Waals surface area contributed by atoms with Crippen molar-refractivity contribution >= 4 is 34.4 Å². The van der Waals surface area contributed by atoms with Crippen molar-refractivity contribution in [3.05, 3.63) is 108 Å². The fourth-order valence-electron chi connectivity index (χ4n) is 3.45. The molecule has 0 radical (unpaired) electrons. The number of nitrogens with zero attached hydrogens (tertiary/aromatic N) is 2. The number of aromatic amines is 1. The lowest BCUT2D eigenvalue weighted by Crippen LogP contribution is -2.13. The fourth-order valence-corrected chi connectivity index (χ4v) is 3.45. The molecule has 0 saturated heterocycles. The van der Waals surface area contributed by atoms with E-state index in [9.17, 15) is 14.0 Å². The van der Waals surface area contributed by atoms with E-state index in [-0.39, 0.29) is 11.5 Å². The van der Waals surface area contributed by atoms with Crippen LogP contribution < -0.4 is 10.6 Å². The first-order valence-corrected chi connectivity index (χ1v) is 10.5. The van der Waals surface area contributed by atoms with Crippen molar-refractivity contribution in [2.75, 3.05) is 10.6 Å². The monoisotopic (exact) mass is 451 g/mol. The van der Waals surface area contributed by atoms with Gasteiger partial charge in [0.05, 0.1) is 22.8 Å². The van der Waals surface area contributed by atoms with Crippen molar-refractivity contribution in [3.63, 3.8) is 0 Å². The molecule has 2 aromatic heterocycles. The summed E-state index contributed by atoms with van der Waals surface area (Å²) in [5, 5.41) is 5.46. The molecule has 0 spiro atoms. The zero-order valence-electron chi connectivity index (χ0n) is 17.7. The van der Waals surface area contributed by atoms with Crippen LogP contribution in [0.4, 0.5) is 15.9 Å². The number of H-pyrrole nitrogens is 1. The van der Waals surface area contributed by atoms with Gasteiger partial charge < -0.3 is 15.6 Å². The SMILES string of the molecule is O=C(Nc1cc2nc(-c3ccc(NC(=O)c4ccccc4F)cc3)[nH]c2cn1)c1ccccc1. The number of carbonyl (C=O) groups excluding carboxylic acids is 2. The Balaban J connectivity index is 1.31. The first-order chi connectivity index (χ1) is 16.6. The number of halogens is 1. The molecule has 2 heterocycles. The van der Waals surface area contributed by atoms with Crippen LogP contribution in [0.5, 0.6) is 0 Å². The third-order valence-corrected chi connectivity index (χ3v) is 5.18. The van der Waals surface area contributed by atoms with Crippen LogP contribution in [0.25, 0.3) is 22.4 Å². The first kappa shape index (κ1) is 21.0. The number of carbonyl (C=O) groups is 2. The lowest BCUT2D eigenvalue weighted by molar-refractivity contribution is 0.101. The molecule has 2 amide bonds. The van der Waals surface area contributed by atoms with E-state index in [4.69, 9.17) is 0 Å². The molecular formula is C26H18FN5O2. The molecule has 0 aliphatic rings. The van der Waals surface area contributed by atoms with Gasteiger partial charge in [0.15, 0.2) is 0 Å². The van der Waals surface area contributed by atoms with Gasteiger partial charge >= 0.3 is 0 Å². The van der Waals surface area contributed by atoms with Gasteiger partial charge in [0.25, 0.3) is 11.8 Å². The molecule has 34 heavy (non-hydrogen) atoms. The Morgan fingerprint density at radius 1 is 0.824 bits per heavy atom. The van der Waals surface area contributed by atoms with Gasteiger partial charge in [-0.05, 0) is 48.5 Å². The van der Waals surface area contributed by atoms with E-state index < -0.39 is 11.7 Å². The minimum atomic E-state index is -0.577. The zero-order chi connectivity index (χ0) is 23.5. The van der Waals surface area contributed by atoms with Gasteiger partial charge in [-0.15, -0.1) is 0 Å². The van der Waals surface area contributed by atoms with Crippen molar-refractivity contribution in [1.29, 1.82) is 0 Å². The van der Waals surface area contributed by atoms with E-state index in [1.165, 1.54) is 18.2 Å². The summed E-state index contributed by atoms with van der Waals surface area (Å²) in [7, 11) is 0.